The molecular weight excluding hydrogens is 402 g/mol. The number of hydrogen-bond donors (Lipinski definition) is 1. The molecule has 0 aliphatic rings. The van der Waals surface area contributed by atoms with E-state index < -0.39 is 10.0 Å². The third kappa shape index (κ3) is 2.74. The van der Waals surface area contributed by atoms with Gasteiger partial charge in [-0.05, 0) is 38.1 Å². The van der Waals surface area contributed by atoms with Crippen molar-refractivity contribution in [3.63, 3.8) is 0 Å². The minimum absolute atomic E-state index is 0.195. The van der Waals surface area contributed by atoms with Crippen LogP contribution >= 0.6 is 0 Å². The molecule has 0 spiro atoms. The van der Waals surface area contributed by atoms with Crippen LogP contribution in [0.2, 0.25) is 0 Å². The summed E-state index contributed by atoms with van der Waals surface area (Å²) >= 11 is 0. The number of fused-ring (bicyclic) bond motifs is 1. The van der Waals surface area contributed by atoms with Gasteiger partial charge >= 0.3 is 0 Å². The van der Waals surface area contributed by atoms with Gasteiger partial charge in [0.2, 0.25) is 0 Å². The Bertz CT molecular complexity index is 1450. The average Bonchev–Trinajstić information content (AvgIpc) is 3.47. The van der Waals surface area contributed by atoms with Gasteiger partial charge in [0.25, 0.3) is 10.0 Å². The number of nitrogens with zero attached hydrogens (tertiary/aromatic N) is 4. The first-order valence-corrected chi connectivity index (χ1v) is 10.7. The van der Waals surface area contributed by atoms with Gasteiger partial charge in [0.15, 0.2) is 0 Å². The Balaban J connectivity index is 1.82. The number of rotatable bonds is 4. The minimum Gasteiger partial charge on any atom is -0.361 e. The van der Waals surface area contributed by atoms with Crippen molar-refractivity contribution in [2.75, 3.05) is 0 Å². The molecule has 9 heteroatoms. The molecule has 30 heavy (non-hydrogen) atoms. The number of nitrogens with one attached hydrogen (secondary N) is 1. The van der Waals surface area contributed by atoms with Gasteiger partial charge in [0.1, 0.15) is 5.76 Å². The Labute approximate surface area is 172 Å². The van der Waals surface area contributed by atoms with E-state index in [4.69, 9.17) is 4.52 Å². The Hall–Kier alpha value is -3.72. The second kappa shape index (κ2) is 6.67. The van der Waals surface area contributed by atoms with Crippen LogP contribution in [0.3, 0.4) is 0 Å². The quantitative estimate of drug-likeness (QED) is 0.473. The molecule has 0 saturated heterocycles. The molecule has 0 radical (unpaired) electrons. The van der Waals surface area contributed by atoms with Gasteiger partial charge in [-0.2, -0.15) is 5.10 Å². The Morgan fingerprint density at radius 3 is 2.57 bits per heavy atom. The van der Waals surface area contributed by atoms with E-state index in [9.17, 15) is 8.42 Å². The zero-order chi connectivity index (χ0) is 20.9. The molecule has 0 bridgehead atoms. The first kappa shape index (κ1) is 18.3. The lowest BCUT2D eigenvalue weighted by molar-refractivity contribution is 0.393. The highest BCUT2D eigenvalue weighted by atomic mass is 32.2. The SMILES string of the molecule is Cc1noc(C)c1-c1cnc2c(-c3ccn[nH]3)cn(S(=O)(=O)c3ccccc3)c2c1. The molecule has 1 N–H and O–H groups in total. The number of benzene rings is 1. The number of H-pyrrole nitrogens is 1. The maximum absolute atomic E-state index is 13.4. The summed E-state index contributed by atoms with van der Waals surface area (Å²) in [6, 6.07) is 11.9. The van der Waals surface area contributed by atoms with Crippen LogP contribution in [-0.2, 0) is 10.0 Å². The topological polar surface area (TPSA) is 107 Å². The van der Waals surface area contributed by atoms with Crippen molar-refractivity contribution < 1.29 is 12.9 Å². The minimum atomic E-state index is -3.84. The fraction of sp³-hybridized carbons (Fsp3) is 0.0952. The van der Waals surface area contributed by atoms with Crippen molar-refractivity contribution in [3.8, 4) is 22.4 Å². The highest BCUT2D eigenvalue weighted by Gasteiger charge is 2.24. The number of hydrogen-bond acceptors (Lipinski definition) is 6. The summed E-state index contributed by atoms with van der Waals surface area (Å²) in [5.74, 6) is 0.645. The van der Waals surface area contributed by atoms with E-state index in [0.29, 0.717) is 33.7 Å². The predicted octanol–water partition coefficient (Wildman–Crippen LogP) is 3.94. The van der Waals surface area contributed by atoms with E-state index in [1.54, 1.807) is 61.1 Å². The first-order valence-electron chi connectivity index (χ1n) is 9.21. The van der Waals surface area contributed by atoms with Crippen LogP contribution in [0.25, 0.3) is 33.4 Å². The van der Waals surface area contributed by atoms with Gasteiger partial charge in [0.05, 0.1) is 27.3 Å². The van der Waals surface area contributed by atoms with Crippen LogP contribution < -0.4 is 0 Å². The zero-order valence-electron chi connectivity index (χ0n) is 16.2. The van der Waals surface area contributed by atoms with Gasteiger partial charge < -0.3 is 4.52 Å². The van der Waals surface area contributed by atoms with E-state index in [2.05, 4.69) is 20.3 Å². The van der Waals surface area contributed by atoms with Gasteiger partial charge in [-0.3, -0.25) is 10.1 Å². The second-order valence-corrected chi connectivity index (χ2v) is 8.73. The largest absolute Gasteiger partial charge is 0.361 e. The lowest BCUT2D eigenvalue weighted by Gasteiger charge is -2.08. The molecule has 0 atom stereocenters. The monoisotopic (exact) mass is 419 g/mol. The summed E-state index contributed by atoms with van der Waals surface area (Å²) in [7, 11) is -3.84. The van der Waals surface area contributed by atoms with Crippen LogP contribution in [0.4, 0.5) is 0 Å². The normalized spacial score (nSPS) is 11.9. The maximum atomic E-state index is 13.4. The summed E-state index contributed by atoms with van der Waals surface area (Å²) < 4.78 is 33.4. The van der Waals surface area contributed by atoms with Crippen LogP contribution in [0, 0.1) is 13.8 Å². The van der Waals surface area contributed by atoms with Crippen molar-refractivity contribution in [2.45, 2.75) is 18.7 Å². The third-order valence-corrected chi connectivity index (χ3v) is 6.71. The van der Waals surface area contributed by atoms with Crippen molar-refractivity contribution in [2.24, 2.45) is 0 Å². The van der Waals surface area contributed by atoms with E-state index in [-0.39, 0.29) is 4.90 Å². The summed E-state index contributed by atoms with van der Waals surface area (Å²) in [6.07, 6.45) is 4.89. The fourth-order valence-corrected chi connectivity index (χ4v) is 4.99. The van der Waals surface area contributed by atoms with Gasteiger partial charge in [-0.1, -0.05) is 23.4 Å². The summed E-state index contributed by atoms with van der Waals surface area (Å²) in [4.78, 5) is 4.80. The lowest BCUT2D eigenvalue weighted by atomic mass is 10.1. The molecule has 0 aliphatic carbocycles. The van der Waals surface area contributed by atoms with Gasteiger partial charge in [-0.15, -0.1) is 0 Å². The fourth-order valence-electron chi connectivity index (χ4n) is 3.62. The molecule has 0 fully saturated rings. The summed E-state index contributed by atoms with van der Waals surface area (Å²) in [5, 5.41) is 10.9. The lowest BCUT2D eigenvalue weighted by Crippen LogP contribution is -2.11. The van der Waals surface area contributed by atoms with Crippen molar-refractivity contribution in [3.05, 3.63) is 72.5 Å². The number of aromatic nitrogens is 5. The van der Waals surface area contributed by atoms with Crippen LogP contribution in [0.15, 0.2) is 70.5 Å². The van der Waals surface area contributed by atoms with E-state index in [1.165, 1.54) is 3.97 Å². The standard InChI is InChI=1S/C21H17N5O3S/c1-13-20(14(2)29-25-13)15-10-19-21(22-11-15)17(18-8-9-23-24-18)12-26(19)30(27,28)16-6-4-3-5-7-16/h3-12H,1-2H3,(H,23,24). The highest BCUT2D eigenvalue weighted by Crippen LogP contribution is 2.34. The summed E-state index contributed by atoms with van der Waals surface area (Å²) in [6.45, 7) is 3.65. The van der Waals surface area contributed by atoms with E-state index in [1.807, 2.05) is 13.8 Å². The van der Waals surface area contributed by atoms with Gasteiger partial charge in [0, 0.05) is 35.3 Å². The molecule has 8 nitrogen and oxygen atoms in total. The number of aromatic amines is 1. The molecule has 150 valence electrons. The molecule has 4 aromatic heterocycles. The Kier molecular flexibility index (Phi) is 4.07. The second-order valence-electron chi connectivity index (χ2n) is 6.92. The van der Waals surface area contributed by atoms with E-state index >= 15 is 0 Å². The van der Waals surface area contributed by atoms with Crippen LogP contribution in [0.5, 0.6) is 0 Å². The molecule has 0 unspecified atom stereocenters. The van der Waals surface area contributed by atoms with Gasteiger partial charge in [-0.25, -0.2) is 12.4 Å². The number of pyridine rings is 1. The molecule has 4 heterocycles. The van der Waals surface area contributed by atoms with Crippen molar-refractivity contribution in [1.29, 1.82) is 0 Å². The Morgan fingerprint density at radius 2 is 1.90 bits per heavy atom. The molecule has 0 saturated carbocycles. The zero-order valence-corrected chi connectivity index (χ0v) is 17.0. The molecular formula is C21H17N5O3S. The van der Waals surface area contributed by atoms with Crippen molar-refractivity contribution >= 4 is 21.1 Å². The predicted molar refractivity (Wildman–Crippen MR) is 111 cm³/mol. The molecule has 0 amide bonds. The maximum Gasteiger partial charge on any atom is 0.268 e. The average molecular weight is 419 g/mol. The summed E-state index contributed by atoms with van der Waals surface area (Å²) in [5.41, 5.74) is 4.59. The van der Waals surface area contributed by atoms with Crippen molar-refractivity contribution in [1.82, 2.24) is 24.3 Å². The molecule has 1 aromatic carbocycles. The van der Waals surface area contributed by atoms with Crippen LogP contribution in [-0.4, -0.2) is 32.7 Å². The molecule has 5 rings (SSSR count). The Morgan fingerprint density at radius 1 is 1.10 bits per heavy atom. The molecule has 0 aliphatic heterocycles. The number of aryl methyl sites for hydroxylation is 2. The molecule has 5 aromatic rings. The first-order chi connectivity index (χ1) is 14.5. The highest BCUT2D eigenvalue weighted by molar-refractivity contribution is 7.90. The smallest absolute Gasteiger partial charge is 0.268 e. The van der Waals surface area contributed by atoms with Crippen LogP contribution in [0.1, 0.15) is 11.5 Å². The third-order valence-electron chi connectivity index (χ3n) is 5.02. The van der Waals surface area contributed by atoms with E-state index in [0.717, 1.165) is 11.1 Å².